The van der Waals surface area contributed by atoms with Crippen LogP contribution in [0, 0.1) is 0 Å². The van der Waals surface area contributed by atoms with Crippen molar-refractivity contribution in [3.63, 3.8) is 0 Å². The van der Waals surface area contributed by atoms with Crippen molar-refractivity contribution >= 4 is 22.6 Å². The molecule has 128 valence electrons. The fourth-order valence-electron chi connectivity index (χ4n) is 2.88. The van der Waals surface area contributed by atoms with Gasteiger partial charge in [-0.2, -0.15) is 0 Å². The number of aromatic hydroxyl groups is 1. The van der Waals surface area contributed by atoms with Gasteiger partial charge in [0.25, 0.3) is 11.5 Å². The molecule has 3 rings (SSSR count). The zero-order valence-corrected chi connectivity index (χ0v) is 14.3. The molecule has 0 saturated heterocycles. The normalized spacial score (nSPS) is 11.0. The molecule has 25 heavy (non-hydrogen) atoms. The minimum Gasteiger partial charge on any atom is -0.506 e. The molecule has 0 bridgehead atoms. The van der Waals surface area contributed by atoms with E-state index in [-0.39, 0.29) is 17.4 Å². The number of nitrogens with zero attached hydrogens (tertiary/aromatic N) is 3. The van der Waals surface area contributed by atoms with Gasteiger partial charge < -0.3 is 9.67 Å². The van der Waals surface area contributed by atoms with E-state index in [4.69, 9.17) is 0 Å². The molecule has 0 aliphatic carbocycles. The Kier molecular flexibility index (Phi) is 4.27. The van der Waals surface area contributed by atoms with Crippen LogP contribution >= 0.6 is 0 Å². The number of carbonyl (C=O) groups excluding carboxylic acids is 1. The smallest absolute Gasteiger partial charge is 0.268 e. The zero-order chi connectivity index (χ0) is 18.1. The standard InChI is InChI=1S/C19H19N3O3/c1-12(2)22-14-9-5-4-8-13(14)17(23)16(19(22)25)18(24)21(3)15-10-6-7-11-20-15/h4-12,23H,1-3H3. The maximum absolute atomic E-state index is 13.0. The van der Waals surface area contributed by atoms with Gasteiger partial charge in [0, 0.05) is 24.7 Å². The molecule has 0 saturated carbocycles. The van der Waals surface area contributed by atoms with Gasteiger partial charge in [-0.25, -0.2) is 4.98 Å². The number of rotatable bonds is 3. The third-order valence-corrected chi connectivity index (χ3v) is 4.12. The van der Waals surface area contributed by atoms with Crippen molar-refractivity contribution in [2.24, 2.45) is 0 Å². The highest BCUT2D eigenvalue weighted by Gasteiger charge is 2.26. The van der Waals surface area contributed by atoms with Crippen molar-refractivity contribution in [3.05, 3.63) is 64.6 Å². The molecule has 1 aromatic carbocycles. The second kappa shape index (κ2) is 6.39. The van der Waals surface area contributed by atoms with Crippen molar-refractivity contribution in [2.75, 3.05) is 11.9 Å². The molecule has 0 fully saturated rings. The Labute approximate surface area is 145 Å². The maximum Gasteiger partial charge on any atom is 0.268 e. The summed E-state index contributed by atoms with van der Waals surface area (Å²) in [7, 11) is 1.53. The molecule has 0 spiro atoms. The van der Waals surface area contributed by atoms with Crippen molar-refractivity contribution in [1.29, 1.82) is 0 Å². The largest absolute Gasteiger partial charge is 0.506 e. The molecule has 0 aliphatic heterocycles. The van der Waals surface area contributed by atoms with E-state index in [1.807, 2.05) is 13.8 Å². The Bertz CT molecular complexity index is 994. The fourth-order valence-corrected chi connectivity index (χ4v) is 2.88. The van der Waals surface area contributed by atoms with Crippen molar-refractivity contribution < 1.29 is 9.90 Å². The first-order valence-corrected chi connectivity index (χ1v) is 7.98. The molecular formula is C19H19N3O3. The van der Waals surface area contributed by atoms with Gasteiger partial charge >= 0.3 is 0 Å². The van der Waals surface area contributed by atoms with E-state index >= 15 is 0 Å². The van der Waals surface area contributed by atoms with Crippen LogP contribution in [0.15, 0.2) is 53.5 Å². The average Bonchev–Trinajstić information content (AvgIpc) is 2.61. The quantitative estimate of drug-likeness (QED) is 0.797. The van der Waals surface area contributed by atoms with Crippen molar-refractivity contribution in [1.82, 2.24) is 9.55 Å². The average molecular weight is 337 g/mol. The summed E-state index contributed by atoms with van der Waals surface area (Å²) in [6, 6.07) is 12.0. The number of pyridine rings is 2. The number of hydrogen-bond donors (Lipinski definition) is 1. The number of amides is 1. The molecule has 0 aliphatic rings. The Morgan fingerprint density at radius 3 is 2.48 bits per heavy atom. The number of benzene rings is 1. The molecular weight excluding hydrogens is 318 g/mol. The molecule has 1 amide bonds. The topological polar surface area (TPSA) is 75.4 Å². The summed E-state index contributed by atoms with van der Waals surface area (Å²) in [4.78, 5) is 31.3. The van der Waals surface area contributed by atoms with Gasteiger partial charge in [0.05, 0.1) is 5.52 Å². The van der Waals surface area contributed by atoms with Gasteiger partial charge in [-0.3, -0.25) is 14.5 Å². The van der Waals surface area contributed by atoms with Gasteiger partial charge in [-0.05, 0) is 38.1 Å². The first kappa shape index (κ1) is 16.7. The van der Waals surface area contributed by atoms with Crippen molar-refractivity contribution in [2.45, 2.75) is 19.9 Å². The maximum atomic E-state index is 13.0. The van der Waals surface area contributed by atoms with Gasteiger partial charge in [0.15, 0.2) is 0 Å². The fraction of sp³-hybridized carbons (Fsp3) is 0.211. The molecule has 1 N–H and O–H groups in total. The number of carbonyl (C=O) groups is 1. The van der Waals surface area contributed by atoms with E-state index in [9.17, 15) is 14.7 Å². The predicted octanol–water partition coefficient (Wildman–Crippen LogP) is 2.96. The highest BCUT2D eigenvalue weighted by atomic mass is 16.3. The summed E-state index contributed by atoms with van der Waals surface area (Å²) in [6.07, 6.45) is 1.56. The summed E-state index contributed by atoms with van der Waals surface area (Å²) < 4.78 is 1.52. The third-order valence-electron chi connectivity index (χ3n) is 4.12. The Morgan fingerprint density at radius 1 is 1.16 bits per heavy atom. The Hall–Kier alpha value is -3.15. The summed E-state index contributed by atoms with van der Waals surface area (Å²) in [6.45, 7) is 3.73. The summed E-state index contributed by atoms with van der Waals surface area (Å²) in [5.74, 6) is -0.498. The number of anilines is 1. The number of aromatic nitrogens is 2. The molecule has 3 aromatic rings. The second-order valence-electron chi connectivity index (χ2n) is 6.06. The molecule has 0 radical (unpaired) electrons. The van der Waals surface area contributed by atoms with E-state index in [0.29, 0.717) is 16.7 Å². The lowest BCUT2D eigenvalue weighted by molar-refractivity contribution is 0.0988. The lowest BCUT2D eigenvalue weighted by Crippen LogP contribution is -2.35. The Balaban J connectivity index is 2.26. The van der Waals surface area contributed by atoms with E-state index < -0.39 is 11.5 Å². The lowest BCUT2D eigenvalue weighted by atomic mass is 10.1. The van der Waals surface area contributed by atoms with Gasteiger partial charge in [-0.15, -0.1) is 0 Å². The Morgan fingerprint density at radius 2 is 1.84 bits per heavy atom. The number of hydrogen-bond acceptors (Lipinski definition) is 4. The third kappa shape index (κ3) is 2.76. The van der Waals surface area contributed by atoms with E-state index in [1.54, 1.807) is 48.7 Å². The van der Waals surface area contributed by atoms with Crippen molar-refractivity contribution in [3.8, 4) is 5.75 Å². The van der Waals surface area contributed by atoms with Crippen LogP contribution in [0.25, 0.3) is 10.9 Å². The SMILES string of the molecule is CC(C)n1c(=O)c(C(=O)N(C)c2ccccn2)c(O)c2ccccc21. The van der Waals surface area contributed by atoms with Crippen LogP contribution in [-0.4, -0.2) is 27.6 Å². The van der Waals surface area contributed by atoms with Crippen LogP contribution in [0.5, 0.6) is 5.75 Å². The minimum absolute atomic E-state index is 0.162. The first-order valence-electron chi connectivity index (χ1n) is 7.98. The first-order chi connectivity index (χ1) is 11.9. The second-order valence-corrected chi connectivity index (χ2v) is 6.06. The van der Waals surface area contributed by atoms with Crippen LogP contribution < -0.4 is 10.5 Å². The molecule has 0 atom stereocenters. The summed E-state index contributed by atoms with van der Waals surface area (Å²) in [5.41, 5.74) is -0.170. The molecule has 6 nitrogen and oxygen atoms in total. The molecule has 2 aromatic heterocycles. The van der Waals surface area contributed by atoms with Gasteiger partial charge in [0.2, 0.25) is 0 Å². The van der Waals surface area contributed by atoms with Gasteiger partial charge in [0.1, 0.15) is 17.1 Å². The number of para-hydroxylation sites is 1. The molecule has 2 heterocycles. The van der Waals surface area contributed by atoms with Crippen LogP contribution in [0.2, 0.25) is 0 Å². The highest BCUT2D eigenvalue weighted by Crippen LogP contribution is 2.29. The summed E-state index contributed by atoms with van der Waals surface area (Å²) >= 11 is 0. The van der Waals surface area contributed by atoms with Crippen LogP contribution in [0.1, 0.15) is 30.2 Å². The minimum atomic E-state index is -0.596. The predicted molar refractivity (Wildman–Crippen MR) is 97.2 cm³/mol. The highest BCUT2D eigenvalue weighted by molar-refractivity contribution is 6.09. The summed E-state index contributed by atoms with van der Waals surface area (Å²) in [5, 5.41) is 11.1. The molecule has 0 unspecified atom stereocenters. The van der Waals surface area contributed by atoms with E-state index in [2.05, 4.69) is 4.98 Å². The monoisotopic (exact) mass is 337 g/mol. The van der Waals surface area contributed by atoms with Crippen LogP contribution in [-0.2, 0) is 0 Å². The van der Waals surface area contributed by atoms with E-state index in [1.165, 1.54) is 16.5 Å². The van der Waals surface area contributed by atoms with Crippen LogP contribution in [0.3, 0.4) is 0 Å². The van der Waals surface area contributed by atoms with E-state index in [0.717, 1.165) is 0 Å². The molecule has 6 heteroatoms. The van der Waals surface area contributed by atoms with Crippen LogP contribution in [0.4, 0.5) is 5.82 Å². The zero-order valence-electron chi connectivity index (χ0n) is 14.3. The number of fused-ring (bicyclic) bond motifs is 1. The lowest BCUT2D eigenvalue weighted by Gasteiger charge is -2.20. The van der Waals surface area contributed by atoms with Gasteiger partial charge in [-0.1, -0.05) is 18.2 Å².